The average Bonchev–Trinajstić information content (AvgIpc) is 2.73. The van der Waals surface area contributed by atoms with E-state index in [1.54, 1.807) is 4.90 Å². The Hall–Kier alpha value is -2.34. The minimum atomic E-state index is -0.817. The van der Waals surface area contributed by atoms with Gasteiger partial charge in [-0.05, 0) is 44.0 Å². The van der Waals surface area contributed by atoms with Crippen LogP contribution in [0.4, 0.5) is 4.79 Å². The predicted octanol–water partition coefficient (Wildman–Crippen LogP) is 6.58. The molecule has 3 rings (SSSR count). The van der Waals surface area contributed by atoms with Crippen LogP contribution in [0.25, 0.3) is 0 Å². The Morgan fingerprint density at radius 1 is 1.09 bits per heavy atom. The van der Waals surface area contributed by atoms with Crippen molar-refractivity contribution in [1.29, 1.82) is 0 Å². The molecule has 1 fully saturated rings. The zero-order chi connectivity index (χ0) is 24.4. The van der Waals surface area contributed by atoms with E-state index in [1.807, 2.05) is 96.1 Å². The summed E-state index contributed by atoms with van der Waals surface area (Å²) in [5.41, 5.74) is 0.118. The number of nitrogens with one attached hydrogen (secondary N) is 1. The first-order chi connectivity index (χ1) is 15.3. The van der Waals surface area contributed by atoms with Crippen molar-refractivity contribution >= 4 is 27.9 Å². The van der Waals surface area contributed by atoms with E-state index in [1.165, 1.54) is 0 Å². The van der Waals surface area contributed by atoms with Crippen LogP contribution >= 0.6 is 15.9 Å². The van der Waals surface area contributed by atoms with Gasteiger partial charge in [0.2, 0.25) is 5.91 Å². The fraction of sp³-hybridized carbons (Fsp3) is 0.481. The third-order valence-corrected chi connectivity index (χ3v) is 6.78. The number of nitrogens with zero attached hydrogens (tertiary/aromatic N) is 1. The van der Waals surface area contributed by atoms with Crippen LogP contribution in [0.2, 0.25) is 0 Å². The molecule has 0 bridgehead atoms. The summed E-state index contributed by atoms with van der Waals surface area (Å²) < 4.78 is 7.27. The molecule has 0 saturated carbocycles. The molecular weight excluding hydrogens is 480 g/mol. The molecule has 5 nitrogen and oxygen atoms in total. The molecule has 0 unspecified atom stereocenters. The van der Waals surface area contributed by atoms with Gasteiger partial charge in [0, 0.05) is 34.8 Å². The fourth-order valence-corrected chi connectivity index (χ4v) is 4.63. The molecule has 2 atom stereocenters. The number of ether oxygens (including phenoxy) is 1. The third-order valence-electron chi connectivity index (χ3n) is 6.25. The van der Waals surface area contributed by atoms with E-state index >= 15 is 0 Å². The highest BCUT2D eigenvalue weighted by Crippen LogP contribution is 2.42. The molecule has 0 aliphatic carbocycles. The summed E-state index contributed by atoms with van der Waals surface area (Å²) in [7, 11) is 0. The minimum Gasteiger partial charge on any atom is -0.438 e. The van der Waals surface area contributed by atoms with Gasteiger partial charge in [0.05, 0.1) is 6.04 Å². The predicted molar refractivity (Wildman–Crippen MR) is 135 cm³/mol. The van der Waals surface area contributed by atoms with E-state index < -0.39 is 16.6 Å². The van der Waals surface area contributed by atoms with E-state index in [0.717, 1.165) is 15.6 Å². The number of rotatable bonds is 6. The second kappa shape index (κ2) is 9.49. The first-order valence-corrected chi connectivity index (χ1v) is 12.3. The molecular formula is C27H35BrN2O3. The highest BCUT2D eigenvalue weighted by atomic mass is 79.9. The van der Waals surface area contributed by atoms with Crippen molar-refractivity contribution in [2.24, 2.45) is 5.41 Å². The Labute approximate surface area is 206 Å². The van der Waals surface area contributed by atoms with Crippen LogP contribution in [-0.4, -0.2) is 29.0 Å². The lowest BCUT2D eigenvalue weighted by Gasteiger charge is -2.47. The molecule has 0 spiro atoms. The lowest BCUT2D eigenvalue weighted by atomic mass is 9.78. The van der Waals surface area contributed by atoms with Gasteiger partial charge in [-0.25, -0.2) is 4.79 Å². The molecule has 178 valence electrons. The number of halogens is 1. The Morgan fingerprint density at radius 2 is 1.70 bits per heavy atom. The zero-order valence-electron chi connectivity index (χ0n) is 20.4. The molecule has 1 saturated heterocycles. The molecule has 6 heteroatoms. The van der Waals surface area contributed by atoms with Gasteiger partial charge in [-0.3, -0.25) is 4.79 Å². The van der Waals surface area contributed by atoms with Crippen molar-refractivity contribution in [3.05, 3.63) is 70.2 Å². The number of benzene rings is 2. The summed E-state index contributed by atoms with van der Waals surface area (Å²) in [6, 6.07) is 17.8. The normalized spacial score (nSPS) is 20.2. The minimum absolute atomic E-state index is 0.0247. The lowest BCUT2D eigenvalue weighted by molar-refractivity contribution is -0.131. The van der Waals surface area contributed by atoms with Gasteiger partial charge in [-0.1, -0.05) is 79.2 Å². The van der Waals surface area contributed by atoms with Crippen molar-refractivity contribution < 1.29 is 14.3 Å². The van der Waals surface area contributed by atoms with Crippen molar-refractivity contribution in [2.45, 2.75) is 71.6 Å². The number of hydrogen-bond acceptors (Lipinski definition) is 3. The van der Waals surface area contributed by atoms with Crippen LogP contribution in [0, 0.1) is 5.41 Å². The summed E-state index contributed by atoms with van der Waals surface area (Å²) in [6.45, 7) is 12.3. The monoisotopic (exact) mass is 514 g/mol. The first-order valence-electron chi connectivity index (χ1n) is 11.5. The van der Waals surface area contributed by atoms with Crippen molar-refractivity contribution in [3.8, 4) is 0 Å². The van der Waals surface area contributed by atoms with Crippen LogP contribution in [0.15, 0.2) is 59.1 Å². The van der Waals surface area contributed by atoms with E-state index in [4.69, 9.17) is 4.74 Å². The number of hydrogen-bond donors (Lipinski definition) is 1. The fourth-order valence-electron chi connectivity index (χ4n) is 4.37. The van der Waals surface area contributed by atoms with Crippen LogP contribution in [0.5, 0.6) is 0 Å². The molecule has 1 aliphatic heterocycles. The molecule has 2 amide bonds. The Bertz CT molecular complexity index is 983. The van der Waals surface area contributed by atoms with Gasteiger partial charge in [0.1, 0.15) is 5.60 Å². The Morgan fingerprint density at radius 3 is 2.24 bits per heavy atom. The van der Waals surface area contributed by atoms with Crippen LogP contribution in [0.3, 0.4) is 0 Å². The van der Waals surface area contributed by atoms with Crippen molar-refractivity contribution in [3.63, 3.8) is 0 Å². The van der Waals surface area contributed by atoms with Gasteiger partial charge >= 0.3 is 6.09 Å². The second-order valence-electron chi connectivity index (χ2n) is 10.7. The highest BCUT2D eigenvalue weighted by Gasteiger charge is 2.47. The maximum Gasteiger partial charge on any atom is 0.411 e. The van der Waals surface area contributed by atoms with Gasteiger partial charge in [-0.2, -0.15) is 0 Å². The quantitative estimate of drug-likeness (QED) is 0.473. The summed E-state index contributed by atoms with van der Waals surface area (Å²) in [5, 5.41) is 3.17. The topological polar surface area (TPSA) is 58.6 Å². The largest absolute Gasteiger partial charge is 0.438 e. The van der Waals surface area contributed by atoms with Crippen LogP contribution in [0.1, 0.15) is 71.6 Å². The number of cyclic esters (lactones) is 1. The zero-order valence-corrected chi connectivity index (χ0v) is 22.0. The highest BCUT2D eigenvalue weighted by molar-refractivity contribution is 9.10. The van der Waals surface area contributed by atoms with E-state index in [-0.39, 0.29) is 18.0 Å². The van der Waals surface area contributed by atoms with Crippen LogP contribution < -0.4 is 5.32 Å². The maximum atomic E-state index is 13.3. The Balaban J connectivity index is 1.86. The molecule has 1 heterocycles. The van der Waals surface area contributed by atoms with Crippen molar-refractivity contribution in [1.82, 2.24) is 10.2 Å². The summed E-state index contributed by atoms with van der Waals surface area (Å²) in [6.07, 6.45) is 0.787. The summed E-state index contributed by atoms with van der Waals surface area (Å²) >= 11 is 3.46. The van der Waals surface area contributed by atoms with Crippen LogP contribution in [-0.2, 0) is 15.1 Å². The third kappa shape index (κ3) is 5.97. The van der Waals surface area contributed by atoms with Gasteiger partial charge in [0.15, 0.2) is 0 Å². The average molecular weight is 515 g/mol. The summed E-state index contributed by atoms with van der Waals surface area (Å²) in [4.78, 5) is 27.8. The molecule has 1 N–H and O–H groups in total. The number of carbonyl (C=O) groups is 2. The number of amides is 2. The SMILES string of the molecule is C[C@@H](c1ccc(Br)cc1)N1CC[C@](CC(C)(C)NC(=O)C(C)(C)C)(c2ccccc2)OC1=O. The lowest BCUT2D eigenvalue weighted by Crippen LogP contribution is -2.55. The van der Waals surface area contributed by atoms with Gasteiger partial charge in [-0.15, -0.1) is 0 Å². The molecule has 0 aromatic heterocycles. The van der Waals surface area contributed by atoms with E-state index in [9.17, 15) is 9.59 Å². The van der Waals surface area contributed by atoms with E-state index in [0.29, 0.717) is 19.4 Å². The molecule has 2 aromatic rings. The standard InChI is InChI=1S/C27H35BrN2O3/c1-19(20-12-14-22(28)15-13-20)30-17-16-27(33-24(30)32,21-10-8-7-9-11-21)18-26(5,6)29-23(31)25(2,3)4/h7-15,19H,16-18H2,1-6H3,(H,29,31)/t19-,27-/m0/s1. The number of carbonyl (C=O) groups excluding carboxylic acids is 2. The molecule has 2 aromatic carbocycles. The van der Waals surface area contributed by atoms with Gasteiger partial charge in [0.25, 0.3) is 0 Å². The Kier molecular flexibility index (Phi) is 7.27. The van der Waals surface area contributed by atoms with E-state index in [2.05, 4.69) is 21.2 Å². The summed E-state index contributed by atoms with van der Waals surface area (Å²) in [5.74, 6) is -0.0247. The molecule has 0 radical (unpaired) electrons. The maximum absolute atomic E-state index is 13.3. The molecule has 1 aliphatic rings. The van der Waals surface area contributed by atoms with Gasteiger partial charge < -0.3 is 15.0 Å². The molecule has 33 heavy (non-hydrogen) atoms. The van der Waals surface area contributed by atoms with Crippen molar-refractivity contribution in [2.75, 3.05) is 6.54 Å². The first kappa shape index (κ1) is 25.3. The second-order valence-corrected chi connectivity index (χ2v) is 11.6. The smallest absolute Gasteiger partial charge is 0.411 e.